The van der Waals surface area contributed by atoms with Crippen LogP contribution in [0, 0.1) is 5.92 Å². The minimum atomic E-state index is -1.30. The molecular formula is C12H20O4Si. The van der Waals surface area contributed by atoms with Crippen molar-refractivity contribution in [1.82, 2.24) is 0 Å². The zero-order chi connectivity index (χ0) is 13.5. The van der Waals surface area contributed by atoms with Crippen LogP contribution in [0.2, 0.25) is 19.6 Å². The second-order valence-corrected chi connectivity index (χ2v) is 9.74. The molecular weight excluding hydrogens is 236 g/mol. The van der Waals surface area contributed by atoms with Crippen LogP contribution < -0.4 is 0 Å². The zero-order valence-electron chi connectivity index (χ0n) is 11.1. The van der Waals surface area contributed by atoms with Gasteiger partial charge in [-0.25, -0.2) is 0 Å². The van der Waals surface area contributed by atoms with E-state index in [2.05, 4.69) is 34.8 Å². The van der Waals surface area contributed by atoms with E-state index in [0.717, 1.165) is 0 Å². The van der Waals surface area contributed by atoms with E-state index in [9.17, 15) is 9.59 Å². The normalized spacial score (nSPS) is 10.5. The summed E-state index contributed by atoms with van der Waals surface area (Å²) in [7, 11) is 1.20. The van der Waals surface area contributed by atoms with E-state index < -0.39 is 25.9 Å². The van der Waals surface area contributed by atoms with E-state index in [1.165, 1.54) is 14.2 Å². The molecule has 0 atom stereocenters. The lowest BCUT2D eigenvalue weighted by molar-refractivity contribution is -0.158. The Labute approximate surface area is 103 Å². The Hall–Kier alpha value is -1.32. The van der Waals surface area contributed by atoms with Crippen LogP contribution in [-0.2, 0) is 19.1 Å². The van der Waals surface area contributed by atoms with Crippen molar-refractivity contribution in [3.05, 3.63) is 17.5 Å². The number of hydrogen-bond donors (Lipinski definition) is 0. The molecule has 0 aliphatic carbocycles. The summed E-state index contributed by atoms with van der Waals surface area (Å²) in [6, 6.07) is 0. The van der Waals surface area contributed by atoms with Gasteiger partial charge in [0.1, 0.15) is 0 Å². The summed E-state index contributed by atoms with van der Waals surface area (Å²) in [5.74, 6) is -2.06. The first-order chi connectivity index (χ1) is 7.81. The molecule has 0 fully saturated rings. The molecule has 0 N–H and O–H groups in total. The molecule has 0 aliphatic heterocycles. The van der Waals surface area contributed by atoms with Crippen LogP contribution in [0.1, 0.15) is 6.42 Å². The molecule has 0 heterocycles. The van der Waals surface area contributed by atoms with Gasteiger partial charge in [-0.05, 0) is 12.5 Å². The second kappa shape index (κ2) is 7.09. The highest BCUT2D eigenvalue weighted by atomic mass is 28.3. The Morgan fingerprint density at radius 1 is 1.18 bits per heavy atom. The molecule has 4 nitrogen and oxygen atoms in total. The van der Waals surface area contributed by atoms with Crippen molar-refractivity contribution in [2.45, 2.75) is 26.1 Å². The number of ether oxygens (including phenoxy) is 2. The van der Waals surface area contributed by atoms with Gasteiger partial charge in [-0.1, -0.05) is 25.3 Å². The van der Waals surface area contributed by atoms with Gasteiger partial charge < -0.3 is 9.47 Å². The molecule has 5 heteroatoms. The largest absolute Gasteiger partial charge is 0.468 e. The molecule has 0 amide bonds. The maximum Gasteiger partial charge on any atom is 0.320 e. The molecule has 0 saturated carbocycles. The maximum absolute atomic E-state index is 11.3. The smallest absolute Gasteiger partial charge is 0.320 e. The van der Waals surface area contributed by atoms with Gasteiger partial charge in [0, 0.05) is 0 Å². The van der Waals surface area contributed by atoms with Crippen LogP contribution in [0.3, 0.4) is 0 Å². The molecule has 0 aromatic carbocycles. The highest BCUT2D eigenvalue weighted by molar-refractivity contribution is 6.80. The van der Waals surface area contributed by atoms with Gasteiger partial charge in [-0.15, -0.1) is 5.73 Å². The summed E-state index contributed by atoms with van der Waals surface area (Å²) in [6.45, 7) is 6.52. The van der Waals surface area contributed by atoms with Crippen molar-refractivity contribution < 1.29 is 19.1 Å². The third kappa shape index (κ3) is 6.76. The van der Waals surface area contributed by atoms with Gasteiger partial charge in [-0.3, -0.25) is 9.59 Å². The molecule has 96 valence electrons. The maximum atomic E-state index is 11.3. The average Bonchev–Trinajstić information content (AvgIpc) is 2.26. The van der Waals surface area contributed by atoms with Crippen molar-refractivity contribution in [3.8, 4) is 0 Å². The predicted molar refractivity (Wildman–Crippen MR) is 68.1 cm³/mol. The topological polar surface area (TPSA) is 52.6 Å². The fourth-order valence-corrected chi connectivity index (χ4v) is 1.69. The number of esters is 2. The Kier molecular flexibility index (Phi) is 6.54. The number of carbonyl (C=O) groups excluding carboxylic acids is 2. The van der Waals surface area contributed by atoms with Gasteiger partial charge in [0.25, 0.3) is 0 Å². The Morgan fingerprint density at radius 3 is 2.00 bits per heavy atom. The monoisotopic (exact) mass is 256 g/mol. The quantitative estimate of drug-likeness (QED) is 0.326. The molecule has 17 heavy (non-hydrogen) atoms. The molecule has 0 saturated heterocycles. The second-order valence-electron chi connectivity index (χ2n) is 4.72. The van der Waals surface area contributed by atoms with E-state index in [4.69, 9.17) is 0 Å². The van der Waals surface area contributed by atoms with Crippen molar-refractivity contribution in [2.75, 3.05) is 14.2 Å². The van der Waals surface area contributed by atoms with Crippen LogP contribution in [0.25, 0.3) is 0 Å². The van der Waals surface area contributed by atoms with Crippen LogP contribution in [0.15, 0.2) is 17.5 Å². The lowest BCUT2D eigenvalue weighted by atomic mass is 10.1. The third-order valence-corrected chi connectivity index (χ3v) is 2.99. The summed E-state index contributed by atoms with van der Waals surface area (Å²) in [4.78, 5) is 22.7. The molecule has 0 aromatic rings. The van der Waals surface area contributed by atoms with Gasteiger partial charge in [-0.2, -0.15) is 0 Å². The first-order valence-corrected chi connectivity index (χ1v) is 8.97. The fraction of sp³-hybridized carbons (Fsp3) is 0.583. The van der Waals surface area contributed by atoms with Crippen molar-refractivity contribution in [1.29, 1.82) is 0 Å². The van der Waals surface area contributed by atoms with Crippen molar-refractivity contribution in [2.24, 2.45) is 5.92 Å². The van der Waals surface area contributed by atoms with E-state index in [0.29, 0.717) is 0 Å². The summed E-state index contributed by atoms with van der Waals surface area (Å²) >= 11 is 0. The number of carbonyl (C=O) groups is 2. The Morgan fingerprint density at radius 2 is 1.65 bits per heavy atom. The van der Waals surface area contributed by atoms with Gasteiger partial charge >= 0.3 is 11.9 Å². The van der Waals surface area contributed by atoms with Gasteiger partial charge in [0.05, 0.1) is 22.3 Å². The highest BCUT2D eigenvalue weighted by Gasteiger charge is 2.27. The van der Waals surface area contributed by atoms with Crippen LogP contribution in [-0.4, -0.2) is 34.2 Å². The first kappa shape index (κ1) is 15.7. The van der Waals surface area contributed by atoms with E-state index in [1.807, 2.05) is 5.70 Å². The van der Waals surface area contributed by atoms with Crippen LogP contribution >= 0.6 is 0 Å². The summed E-state index contributed by atoms with van der Waals surface area (Å²) in [5.41, 5.74) is 5.02. The highest BCUT2D eigenvalue weighted by Crippen LogP contribution is 2.09. The van der Waals surface area contributed by atoms with E-state index in [-0.39, 0.29) is 6.42 Å². The first-order valence-electron chi connectivity index (χ1n) is 5.39. The van der Waals surface area contributed by atoms with Crippen LogP contribution in [0.5, 0.6) is 0 Å². The Bertz CT molecular complexity index is 319. The number of hydrogen-bond acceptors (Lipinski definition) is 4. The molecule has 0 unspecified atom stereocenters. The summed E-state index contributed by atoms with van der Waals surface area (Å²) in [6.07, 6.45) is 1.93. The molecule has 0 radical (unpaired) electrons. The fourth-order valence-electron chi connectivity index (χ4n) is 1.07. The molecule has 0 aromatic heterocycles. The van der Waals surface area contributed by atoms with Crippen molar-refractivity contribution >= 4 is 20.0 Å². The Balaban J connectivity index is 4.63. The lowest BCUT2D eigenvalue weighted by Crippen LogP contribution is -2.25. The molecule has 0 aliphatic rings. The molecule has 0 spiro atoms. The van der Waals surface area contributed by atoms with Crippen LogP contribution in [0.4, 0.5) is 0 Å². The minimum absolute atomic E-state index is 0.250. The third-order valence-electron chi connectivity index (χ3n) is 1.96. The van der Waals surface area contributed by atoms with E-state index >= 15 is 0 Å². The van der Waals surface area contributed by atoms with Gasteiger partial charge in [0.2, 0.25) is 0 Å². The lowest BCUT2D eigenvalue weighted by Gasteiger charge is -2.09. The summed E-state index contributed by atoms with van der Waals surface area (Å²) in [5, 5.41) is 0. The van der Waals surface area contributed by atoms with Gasteiger partial charge in [0.15, 0.2) is 5.92 Å². The molecule has 0 bridgehead atoms. The van der Waals surface area contributed by atoms with Crippen molar-refractivity contribution in [3.63, 3.8) is 0 Å². The SMILES string of the molecule is COC(=O)C(CC=C=C[Si](C)(C)C)C(=O)OC. The predicted octanol–water partition coefficient (Wildman–Crippen LogP) is 1.93. The number of rotatable bonds is 5. The summed E-state index contributed by atoms with van der Waals surface area (Å²) < 4.78 is 9.09. The minimum Gasteiger partial charge on any atom is -0.468 e. The molecule has 0 rings (SSSR count). The standard InChI is InChI=1S/C12H20O4Si/c1-15-11(13)10(12(14)16-2)8-6-7-9-17(3,4)5/h6,9-10H,8H2,1-5H3. The zero-order valence-corrected chi connectivity index (χ0v) is 12.1. The van der Waals surface area contributed by atoms with E-state index in [1.54, 1.807) is 6.08 Å². The average molecular weight is 256 g/mol. The number of methoxy groups -OCH3 is 2. The number of allylic oxidation sites excluding steroid dienone is 1.